The van der Waals surface area contributed by atoms with Gasteiger partial charge in [-0.2, -0.15) is 25.8 Å². The van der Waals surface area contributed by atoms with Crippen LogP contribution in [0, 0.1) is 0 Å². The van der Waals surface area contributed by atoms with E-state index in [-0.39, 0.29) is 0 Å². The standard InChI is InChI=1S/C10H11F3N2O3S2/c11-10(12,13)6-1-3-7(4-2-6)20(17,18)9(15,5-19)8(14)16/h1-4,19H,5,15H2,(H2,14,16)/t9-/m1/s1. The highest BCUT2D eigenvalue weighted by molar-refractivity contribution is 7.94. The summed E-state index contributed by atoms with van der Waals surface area (Å²) in [4.78, 5) is 8.16. The van der Waals surface area contributed by atoms with Gasteiger partial charge in [-0.3, -0.25) is 4.79 Å². The Bertz CT molecular complexity index is 614. The zero-order valence-electron chi connectivity index (χ0n) is 9.89. The monoisotopic (exact) mass is 328 g/mol. The van der Waals surface area contributed by atoms with Crippen molar-refractivity contribution < 1.29 is 26.4 Å². The molecule has 1 amide bonds. The number of nitrogens with two attached hydrogens (primary N) is 2. The van der Waals surface area contributed by atoms with E-state index in [9.17, 15) is 26.4 Å². The largest absolute Gasteiger partial charge is 0.416 e. The van der Waals surface area contributed by atoms with Crippen molar-refractivity contribution in [2.75, 3.05) is 5.75 Å². The van der Waals surface area contributed by atoms with Gasteiger partial charge in [0, 0.05) is 5.75 Å². The van der Waals surface area contributed by atoms with E-state index in [0.29, 0.717) is 24.3 Å². The van der Waals surface area contributed by atoms with E-state index in [1.54, 1.807) is 0 Å². The number of primary amides is 1. The lowest BCUT2D eigenvalue weighted by atomic mass is 10.2. The van der Waals surface area contributed by atoms with Gasteiger partial charge >= 0.3 is 6.18 Å². The highest BCUT2D eigenvalue weighted by Crippen LogP contribution is 2.31. The number of carbonyl (C=O) groups excluding carboxylic acids is 1. The Morgan fingerprint density at radius 3 is 1.95 bits per heavy atom. The number of sulfone groups is 1. The van der Waals surface area contributed by atoms with E-state index in [0.717, 1.165) is 0 Å². The molecule has 0 aliphatic rings. The number of thiol groups is 1. The number of hydrogen-bond acceptors (Lipinski definition) is 5. The van der Waals surface area contributed by atoms with E-state index in [1.165, 1.54) is 0 Å². The smallest absolute Gasteiger partial charge is 0.367 e. The van der Waals surface area contributed by atoms with Crippen LogP contribution in [0.4, 0.5) is 13.2 Å². The highest BCUT2D eigenvalue weighted by Gasteiger charge is 2.46. The van der Waals surface area contributed by atoms with Crippen molar-refractivity contribution in [3.05, 3.63) is 29.8 Å². The minimum atomic E-state index is -4.60. The van der Waals surface area contributed by atoms with Gasteiger partial charge < -0.3 is 11.5 Å². The van der Waals surface area contributed by atoms with Crippen LogP contribution in [0.1, 0.15) is 5.56 Å². The quantitative estimate of drug-likeness (QED) is 0.702. The van der Waals surface area contributed by atoms with Crippen LogP contribution < -0.4 is 11.5 Å². The number of rotatable bonds is 4. The molecule has 20 heavy (non-hydrogen) atoms. The second-order valence-corrected chi connectivity index (χ2v) is 6.46. The number of alkyl halides is 3. The topological polar surface area (TPSA) is 103 Å². The van der Waals surface area contributed by atoms with Crippen LogP contribution in [0.3, 0.4) is 0 Å². The molecule has 0 bridgehead atoms. The molecule has 1 atom stereocenters. The lowest BCUT2D eigenvalue weighted by molar-refractivity contribution is -0.137. The maximum Gasteiger partial charge on any atom is 0.416 e. The van der Waals surface area contributed by atoms with Gasteiger partial charge in [-0.25, -0.2) is 8.42 Å². The van der Waals surface area contributed by atoms with Crippen LogP contribution in [0.5, 0.6) is 0 Å². The Labute approximate surface area is 118 Å². The molecular weight excluding hydrogens is 317 g/mol. The highest BCUT2D eigenvalue weighted by atomic mass is 32.2. The van der Waals surface area contributed by atoms with Crippen LogP contribution in [0.15, 0.2) is 29.2 Å². The second kappa shape index (κ2) is 5.26. The molecule has 0 unspecified atom stereocenters. The third kappa shape index (κ3) is 2.76. The van der Waals surface area contributed by atoms with Crippen LogP contribution in [0.2, 0.25) is 0 Å². The first-order valence-electron chi connectivity index (χ1n) is 5.08. The molecular formula is C10H11F3N2O3S2. The number of hydrogen-bond donors (Lipinski definition) is 3. The fourth-order valence-corrected chi connectivity index (χ4v) is 3.34. The summed E-state index contributed by atoms with van der Waals surface area (Å²) in [6.45, 7) is 0. The molecule has 4 N–H and O–H groups in total. The molecule has 1 rings (SSSR count). The first-order chi connectivity index (χ1) is 8.96. The molecule has 0 heterocycles. The van der Waals surface area contributed by atoms with Crippen molar-refractivity contribution in [3.8, 4) is 0 Å². The molecule has 0 fully saturated rings. The van der Waals surface area contributed by atoms with E-state index < -0.39 is 43.0 Å². The van der Waals surface area contributed by atoms with E-state index >= 15 is 0 Å². The fourth-order valence-electron chi connectivity index (χ4n) is 1.33. The predicted octanol–water partition coefficient (Wildman–Crippen LogP) is 0.549. The summed E-state index contributed by atoms with van der Waals surface area (Å²) >= 11 is 3.67. The normalized spacial score (nSPS) is 15.7. The van der Waals surface area contributed by atoms with Crippen molar-refractivity contribution in [2.24, 2.45) is 11.5 Å². The van der Waals surface area contributed by atoms with Gasteiger partial charge in [-0.05, 0) is 24.3 Å². The summed E-state index contributed by atoms with van der Waals surface area (Å²) in [5.74, 6) is -1.95. The number of halogens is 3. The molecule has 1 aromatic rings. The lowest BCUT2D eigenvalue weighted by Gasteiger charge is -2.23. The lowest BCUT2D eigenvalue weighted by Crippen LogP contribution is -2.59. The van der Waals surface area contributed by atoms with Crippen LogP contribution in [-0.2, 0) is 20.8 Å². The summed E-state index contributed by atoms with van der Waals surface area (Å²) in [6.07, 6.45) is -4.60. The first-order valence-corrected chi connectivity index (χ1v) is 7.20. The summed E-state index contributed by atoms with van der Waals surface area (Å²) < 4.78 is 61.4. The average molecular weight is 328 g/mol. The van der Waals surface area contributed by atoms with Crippen LogP contribution >= 0.6 is 12.6 Å². The molecule has 1 aromatic carbocycles. The van der Waals surface area contributed by atoms with Gasteiger partial charge in [0.15, 0.2) is 0 Å². The van der Waals surface area contributed by atoms with Gasteiger partial charge in [0.2, 0.25) is 14.7 Å². The molecule has 0 saturated heterocycles. The maximum atomic E-state index is 12.4. The van der Waals surface area contributed by atoms with Crippen molar-refractivity contribution in [1.82, 2.24) is 0 Å². The van der Waals surface area contributed by atoms with Gasteiger partial charge in [-0.15, -0.1) is 0 Å². The number of carbonyl (C=O) groups is 1. The predicted molar refractivity (Wildman–Crippen MR) is 68.6 cm³/mol. The van der Waals surface area contributed by atoms with Gasteiger partial charge in [0.25, 0.3) is 5.91 Å². The SMILES string of the molecule is NC(=O)[C@@](N)(CS)S(=O)(=O)c1ccc(C(F)(F)F)cc1. The van der Waals surface area contributed by atoms with Crippen molar-refractivity contribution >= 4 is 28.4 Å². The van der Waals surface area contributed by atoms with E-state index in [1.807, 2.05) is 0 Å². The summed E-state index contributed by atoms with van der Waals surface area (Å²) in [5.41, 5.74) is 9.32. The Morgan fingerprint density at radius 2 is 1.65 bits per heavy atom. The Morgan fingerprint density at radius 1 is 1.20 bits per heavy atom. The molecule has 5 nitrogen and oxygen atoms in total. The van der Waals surface area contributed by atoms with Gasteiger partial charge in [0.1, 0.15) is 0 Å². The minimum Gasteiger partial charge on any atom is -0.367 e. The minimum absolute atomic E-state index is 0.541. The fraction of sp³-hybridized carbons (Fsp3) is 0.300. The third-order valence-corrected chi connectivity index (χ3v) is 5.53. The molecule has 0 aliphatic heterocycles. The molecule has 112 valence electrons. The van der Waals surface area contributed by atoms with Gasteiger partial charge in [-0.1, -0.05) is 0 Å². The molecule has 0 aliphatic carbocycles. The summed E-state index contributed by atoms with van der Waals surface area (Å²) in [6, 6.07) is 2.58. The average Bonchev–Trinajstić information content (AvgIpc) is 2.36. The Hall–Kier alpha value is -1.26. The van der Waals surface area contributed by atoms with Crippen LogP contribution in [-0.4, -0.2) is 24.9 Å². The van der Waals surface area contributed by atoms with Crippen LogP contribution in [0.25, 0.3) is 0 Å². The maximum absolute atomic E-state index is 12.4. The summed E-state index contributed by atoms with van der Waals surface area (Å²) in [5, 5.41) is 0. The van der Waals surface area contributed by atoms with Crippen molar-refractivity contribution in [3.63, 3.8) is 0 Å². The Balaban J connectivity index is 3.34. The van der Waals surface area contributed by atoms with E-state index in [2.05, 4.69) is 12.6 Å². The van der Waals surface area contributed by atoms with Crippen molar-refractivity contribution in [1.29, 1.82) is 0 Å². The molecule has 0 radical (unpaired) electrons. The Kier molecular flexibility index (Phi) is 4.42. The number of amides is 1. The third-order valence-electron chi connectivity index (χ3n) is 2.62. The molecule has 0 saturated carbocycles. The molecule has 0 aromatic heterocycles. The van der Waals surface area contributed by atoms with E-state index in [4.69, 9.17) is 11.5 Å². The number of benzene rings is 1. The molecule has 0 spiro atoms. The zero-order chi connectivity index (χ0) is 15.8. The van der Waals surface area contributed by atoms with Gasteiger partial charge in [0.05, 0.1) is 10.5 Å². The second-order valence-electron chi connectivity index (χ2n) is 3.94. The molecule has 10 heteroatoms. The first kappa shape index (κ1) is 16.8. The van der Waals surface area contributed by atoms with Crippen molar-refractivity contribution in [2.45, 2.75) is 15.9 Å². The zero-order valence-corrected chi connectivity index (χ0v) is 11.6. The summed E-state index contributed by atoms with van der Waals surface area (Å²) in [7, 11) is -4.45.